The quantitative estimate of drug-likeness (QED) is 0.451. The molecule has 1 rings (SSSR count). The largest absolute Gasteiger partial charge is 0.382 e. The summed E-state index contributed by atoms with van der Waals surface area (Å²) in [5, 5.41) is 3.79. The molecule has 1 N–H and O–H groups in total. The average molecular weight is 266 g/mol. The fraction of sp³-hybridized carbons (Fsp3) is 1.00. The van der Waals surface area contributed by atoms with Crippen LogP contribution in [0.2, 0.25) is 0 Å². The molecule has 0 spiro atoms. The second-order valence-electron chi connectivity index (χ2n) is 4.36. The first-order chi connectivity index (χ1) is 8.33. The van der Waals surface area contributed by atoms with Crippen LogP contribution in [-0.2, 0) is 14.2 Å². The molecule has 102 valence electrons. The summed E-state index contributed by atoms with van der Waals surface area (Å²) in [7, 11) is 1.67. The van der Waals surface area contributed by atoms with E-state index in [0.29, 0.717) is 31.8 Å². The van der Waals surface area contributed by atoms with Gasteiger partial charge in [0.25, 0.3) is 0 Å². The first kappa shape index (κ1) is 15.2. The van der Waals surface area contributed by atoms with Crippen LogP contribution in [0.5, 0.6) is 0 Å². The minimum Gasteiger partial charge on any atom is -0.382 e. The molecule has 17 heavy (non-hydrogen) atoms. The molecule has 0 aliphatic heterocycles. The van der Waals surface area contributed by atoms with Crippen molar-refractivity contribution in [1.29, 1.82) is 0 Å². The van der Waals surface area contributed by atoms with Crippen LogP contribution in [0.25, 0.3) is 0 Å². The highest BCUT2D eigenvalue weighted by atomic mass is 35.5. The number of rotatable bonds is 11. The molecule has 5 heteroatoms. The first-order valence-corrected chi connectivity index (χ1v) is 6.75. The first-order valence-electron chi connectivity index (χ1n) is 6.32. The normalized spacial score (nSPS) is 23.6. The van der Waals surface area contributed by atoms with Gasteiger partial charge in [0.15, 0.2) is 0 Å². The van der Waals surface area contributed by atoms with Gasteiger partial charge >= 0.3 is 0 Å². The Morgan fingerprint density at radius 2 is 1.71 bits per heavy atom. The number of halogens is 1. The summed E-state index contributed by atoms with van der Waals surface area (Å²) in [5.74, 6) is 0.773. The van der Waals surface area contributed by atoms with E-state index in [1.54, 1.807) is 7.11 Å². The summed E-state index contributed by atoms with van der Waals surface area (Å²) in [6, 6.07) is 0. The highest BCUT2D eigenvalue weighted by Crippen LogP contribution is 2.30. The number of hydrogen-bond donors (Lipinski definition) is 1. The van der Waals surface area contributed by atoms with Gasteiger partial charge in [0.2, 0.25) is 0 Å². The Bertz CT molecular complexity index is 177. The molecule has 0 aromatic heterocycles. The van der Waals surface area contributed by atoms with Gasteiger partial charge in [0, 0.05) is 19.0 Å². The van der Waals surface area contributed by atoms with Gasteiger partial charge in [-0.1, -0.05) is 0 Å². The van der Waals surface area contributed by atoms with Crippen molar-refractivity contribution < 1.29 is 14.2 Å². The van der Waals surface area contributed by atoms with Crippen molar-refractivity contribution in [1.82, 2.24) is 5.32 Å². The van der Waals surface area contributed by atoms with Gasteiger partial charge in [-0.05, 0) is 25.3 Å². The minimum atomic E-state index is 0.419. The third kappa shape index (κ3) is 7.95. The molecule has 1 saturated carbocycles. The molecule has 4 nitrogen and oxygen atoms in total. The lowest BCUT2D eigenvalue weighted by molar-refractivity contribution is 0.0253. The Balaban J connectivity index is 1.67. The van der Waals surface area contributed by atoms with Gasteiger partial charge in [-0.2, -0.15) is 0 Å². The van der Waals surface area contributed by atoms with Crippen molar-refractivity contribution in [3.05, 3.63) is 0 Å². The molecule has 0 radical (unpaired) electrons. The van der Waals surface area contributed by atoms with E-state index >= 15 is 0 Å². The monoisotopic (exact) mass is 265 g/mol. The summed E-state index contributed by atoms with van der Waals surface area (Å²) >= 11 is 5.90. The van der Waals surface area contributed by atoms with E-state index in [4.69, 9.17) is 25.8 Å². The predicted molar refractivity (Wildman–Crippen MR) is 68.7 cm³/mol. The van der Waals surface area contributed by atoms with E-state index < -0.39 is 0 Å². The van der Waals surface area contributed by atoms with Crippen LogP contribution in [0, 0.1) is 5.92 Å². The van der Waals surface area contributed by atoms with Crippen molar-refractivity contribution in [2.24, 2.45) is 5.92 Å². The molecule has 0 saturated heterocycles. The Morgan fingerprint density at radius 3 is 2.35 bits per heavy atom. The highest BCUT2D eigenvalue weighted by molar-refractivity contribution is 6.21. The van der Waals surface area contributed by atoms with Crippen LogP contribution in [-0.4, -0.2) is 58.6 Å². The maximum Gasteiger partial charge on any atom is 0.0701 e. The van der Waals surface area contributed by atoms with Crippen molar-refractivity contribution in [3.8, 4) is 0 Å². The van der Waals surface area contributed by atoms with E-state index in [9.17, 15) is 0 Å². The summed E-state index contributed by atoms with van der Waals surface area (Å²) in [4.78, 5) is 0. The number of nitrogens with one attached hydrogen (secondary N) is 1. The maximum absolute atomic E-state index is 5.90. The van der Waals surface area contributed by atoms with Crippen molar-refractivity contribution in [3.63, 3.8) is 0 Å². The standard InChI is InChI=1S/C12H24ClNO3/c1-15-4-5-17-7-6-16-3-2-14-10-11-8-12(13)9-11/h11-12,14H,2-10H2,1H3. The van der Waals surface area contributed by atoms with Gasteiger partial charge in [-0.15, -0.1) is 11.6 Å². The van der Waals surface area contributed by atoms with E-state index in [-0.39, 0.29) is 0 Å². The molecule has 0 bridgehead atoms. The predicted octanol–water partition coefficient (Wildman–Crippen LogP) is 1.27. The molecule has 0 atom stereocenters. The topological polar surface area (TPSA) is 39.7 Å². The van der Waals surface area contributed by atoms with Crippen LogP contribution < -0.4 is 5.32 Å². The second-order valence-corrected chi connectivity index (χ2v) is 4.97. The van der Waals surface area contributed by atoms with Gasteiger partial charge in [0.05, 0.1) is 33.0 Å². The zero-order valence-corrected chi connectivity index (χ0v) is 11.4. The number of alkyl halides is 1. The summed E-state index contributed by atoms with van der Waals surface area (Å²) in [6.07, 6.45) is 2.31. The molecule has 1 fully saturated rings. The molecule has 0 heterocycles. The van der Waals surface area contributed by atoms with Gasteiger partial charge in [-0.3, -0.25) is 0 Å². The lowest BCUT2D eigenvalue weighted by Gasteiger charge is -2.30. The van der Waals surface area contributed by atoms with Crippen LogP contribution in [0.15, 0.2) is 0 Å². The average Bonchev–Trinajstić information content (AvgIpc) is 2.29. The van der Waals surface area contributed by atoms with E-state index in [1.165, 1.54) is 0 Å². The molecule has 0 amide bonds. The van der Waals surface area contributed by atoms with Crippen LogP contribution in [0.3, 0.4) is 0 Å². The van der Waals surface area contributed by atoms with Crippen molar-refractivity contribution in [2.45, 2.75) is 18.2 Å². The molecular weight excluding hydrogens is 242 g/mol. The van der Waals surface area contributed by atoms with E-state index in [1.807, 2.05) is 0 Å². The Hall–Kier alpha value is 0.130. The second kappa shape index (κ2) is 10.1. The lowest BCUT2D eigenvalue weighted by Crippen LogP contribution is -2.35. The molecule has 1 aliphatic rings. The SMILES string of the molecule is COCCOCCOCCNCC1CC(Cl)C1. The smallest absolute Gasteiger partial charge is 0.0701 e. The van der Waals surface area contributed by atoms with E-state index in [0.717, 1.165) is 38.5 Å². The highest BCUT2D eigenvalue weighted by Gasteiger charge is 2.26. The molecular formula is C12H24ClNO3. The summed E-state index contributed by atoms with van der Waals surface area (Å²) in [6.45, 7) is 5.28. The number of methoxy groups -OCH3 is 1. The van der Waals surface area contributed by atoms with E-state index in [2.05, 4.69) is 5.32 Å². The third-order valence-corrected chi connectivity index (χ3v) is 3.19. The fourth-order valence-corrected chi connectivity index (χ4v) is 2.24. The summed E-state index contributed by atoms with van der Waals surface area (Å²) < 4.78 is 15.5. The Kier molecular flexibility index (Phi) is 9.01. The maximum atomic E-state index is 5.90. The minimum absolute atomic E-state index is 0.419. The molecule has 0 aromatic carbocycles. The third-order valence-electron chi connectivity index (χ3n) is 2.84. The van der Waals surface area contributed by atoms with Gasteiger partial charge in [0.1, 0.15) is 0 Å². The van der Waals surface area contributed by atoms with Crippen molar-refractivity contribution >= 4 is 11.6 Å². The van der Waals surface area contributed by atoms with Crippen LogP contribution >= 0.6 is 11.6 Å². The van der Waals surface area contributed by atoms with Gasteiger partial charge < -0.3 is 19.5 Å². The molecule has 1 aliphatic carbocycles. The molecule has 0 aromatic rings. The van der Waals surface area contributed by atoms with Gasteiger partial charge in [-0.25, -0.2) is 0 Å². The zero-order valence-electron chi connectivity index (χ0n) is 10.6. The number of ether oxygens (including phenoxy) is 3. The number of hydrogen-bond acceptors (Lipinski definition) is 4. The summed E-state index contributed by atoms with van der Waals surface area (Å²) in [5.41, 5.74) is 0. The molecule has 0 unspecified atom stereocenters. The van der Waals surface area contributed by atoms with Crippen molar-refractivity contribution in [2.75, 3.05) is 53.2 Å². The lowest BCUT2D eigenvalue weighted by atomic mass is 9.85. The Labute approximate surface area is 109 Å². The Morgan fingerprint density at radius 1 is 1.06 bits per heavy atom. The fourth-order valence-electron chi connectivity index (χ4n) is 1.74. The van der Waals surface area contributed by atoms with Crippen LogP contribution in [0.4, 0.5) is 0 Å². The van der Waals surface area contributed by atoms with Crippen LogP contribution in [0.1, 0.15) is 12.8 Å². The zero-order chi connectivity index (χ0) is 12.3.